The first-order chi connectivity index (χ1) is 44.8. The van der Waals surface area contributed by atoms with Gasteiger partial charge in [0.1, 0.15) is 17.7 Å². The Morgan fingerprint density at radius 3 is 1.39 bits per heavy atom. The van der Waals surface area contributed by atoms with Gasteiger partial charge in [-0.2, -0.15) is 0 Å². The van der Waals surface area contributed by atoms with Gasteiger partial charge in [0.05, 0.1) is 55.2 Å². The number of amides is 4. The Bertz CT molecular complexity index is 4070. The predicted octanol–water partition coefficient (Wildman–Crippen LogP) is 11.4. The number of carbonyl (C=O) groups is 7. The first-order valence-corrected chi connectivity index (χ1v) is 31.9. The molecule has 1 aliphatic carbocycles. The van der Waals surface area contributed by atoms with E-state index in [-0.39, 0.29) is 66.4 Å². The van der Waals surface area contributed by atoms with Crippen LogP contribution in [-0.2, 0) is 65.7 Å². The third-order valence-corrected chi connectivity index (χ3v) is 17.5. The minimum atomic E-state index is -0.786. The van der Waals surface area contributed by atoms with Gasteiger partial charge < -0.3 is 30.9 Å². The molecular formula is C75H75N9O8. The lowest BCUT2D eigenvalue weighted by atomic mass is 10.0. The maximum Gasteiger partial charge on any atom is 0.307 e. The number of carboxylic acids is 1. The molecule has 0 bridgehead atoms. The summed E-state index contributed by atoms with van der Waals surface area (Å²) in [5, 5.41) is 19.4. The van der Waals surface area contributed by atoms with E-state index in [1.165, 1.54) is 0 Å². The van der Waals surface area contributed by atoms with Crippen molar-refractivity contribution in [2.45, 2.75) is 114 Å². The maximum atomic E-state index is 13.4. The molecule has 9 aromatic rings. The van der Waals surface area contributed by atoms with E-state index in [2.05, 4.69) is 32.0 Å². The van der Waals surface area contributed by atoms with Crippen LogP contribution in [0, 0.1) is 5.92 Å². The number of Topliss-reactive ketones (excluding diaryl/α,β-unsaturated/α-hetero) is 2. The zero-order valence-corrected chi connectivity index (χ0v) is 51.4. The number of pyridine rings is 4. The molecule has 3 atom stereocenters. The zero-order valence-electron chi connectivity index (χ0n) is 51.4. The second-order valence-corrected chi connectivity index (χ2v) is 24.1. The van der Waals surface area contributed by atoms with Gasteiger partial charge in [-0.05, 0) is 146 Å². The average Bonchev–Trinajstić information content (AvgIpc) is 1.25. The first kappa shape index (κ1) is 63.4. The van der Waals surface area contributed by atoms with Crippen molar-refractivity contribution in [3.05, 3.63) is 216 Å². The summed E-state index contributed by atoms with van der Waals surface area (Å²) in [7, 11) is 0. The molecule has 4 aliphatic rings. The zero-order chi connectivity index (χ0) is 63.8. The highest BCUT2D eigenvalue weighted by atomic mass is 16.4. The van der Waals surface area contributed by atoms with E-state index >= 15 is 0 Å². The fourth-order valence-electron chi connectivity index (χ4n) is 12.6. The molecule has 0 spiro atoms. The van der Waals surface area contributed by atoms with Crippen LogP contribution in [0.15, 0.2) is 188 Å². The normalized spacial score (nSPS) is 16.9. The molecule has 7 heterocycles. The summed E-state index contributed by atoms with van der Waals surface area (Å²) in [5.74, 6) is 0.398. The van der Waals surface area contributed by atoms with Gasteiger partial charge >= 0.3 is 5.97 Å². The van der Waals surface area contributed by atoms with Gasteiger partial charge in [0.15, 0.2) is 11.6 Å². The van der Waals surface area contributed by atoms with Gasteiger partial charge in [0.2, 0.25) is 23.6 Å². The molecule has 17 nitrogen and oxygen atoms in total. The highest BCUT2D eigenvalue weighted by Crippen LogP contribution is 2.30. The van der Waals surface area contributed by atoms with E-state index in [0.29, 0.717) is 56.1 Å². The maximum absolute atomic E-state index is 13.4. The smallest absolute Gasteiger partial charge is 0.307 e. The molecule has 4 aromatic heterocycles. The highest BCUT2D eigenvalue weighted by Gasteiger charge is 2.35. The molecule has 92 heavy (non-hydrogen) atoms. The van der Waals surface area contributed by atoms with Crippen LogP contribution in [0.4, 0.5) is 11.6 Å². The van der Waals surface area contributed by atoms with Gasteiger partial charge in [-0.1, -0.05) is 128 Å². The summed E-state index contributed by atoms with van der Waals surface area (Å²) in [6.07, 6.45) is 13.9. The van der Waals surface area contributed by atoms with Crippen molar-refractivity contribution >= 4 is 74.6 Å². The number of aromatic nitrogens is 4. The number of anilines is 2. The average molecular weight is 1230 g/mol. The topological polar surface area (TPSA) is 234 Å². The number of fused-ring (bicyclic) bond motifs is 2. The Balaban J connectivity index is 0.000000175. The van der Waals surface area contributed by atoms with Crippen molar-refractivity contribution in [1.29, 1.82) is 0 Å². The molecule has 5 aromatic carbocycles. The molecule has 3 aliphatic heterocycles. The summed E-state index contributed by atoms with van der Waals surface area (Å²) in [5.41, 5.74) is 9.73. The van der Waals surface area contributed by atoms with Gasteiger partial charge in [-0.15, -0.1) is 0 Å². The van der Waals surface area contributed by atoms with Crippen LogP contribution in [0.25, 0.3) is 44.1 Å². The first-order valence-electron chi connectivity index (χ1n) is 31.9. The highest BCUT2D eigenvalue weighted by molar-refractivity contribution is 5.98. The van der Waals surface area contributed by atoms with Crippen LogP contribution in [0.2, 0.25) is 0 Å². The van der Waals surface area contributed by atoms with Gasteiger partial charge in [0.25, 0.3) is 0 Å². The number of nitrogens with one attached hydrogen (secondary N) is 3. The SMILES string of the molecule is O=C(Cc1ccc2cc(-c3ccc(NC(=O)[C@@H]4CCCN4C(=O)Cc4ccccc4)nc3)ccc2n1)[C@@H]1CCCN1C(=O)Cc1ccccc1.O=C(Nc1ccc(-c2ccc3nc(CC(=O)[C@@H]4CCCN4)ccc3c2)cn1)C1CCCC1.O=C(O)Cc1ccccc1. The van der Waals surface area contributed by atoms with Crippen LogP contribution in [-0.4, -0.2) is 114 Å². The van der Waals surface area contributed by atoms with Crippen molar-refractivity contribution in [2.75, 3.05) is 30.3 Å². The van der Waals surface area contributed by atoms with Gasteiger partial charge in [0, 0.05) is 64.7 Å². The fraction of sp³-hybridized carbons (Fsp3) is 0.293. The Morgan fingerprint density at radius 2 is 0.913 bits per heavy atom. The Kier molecular flexibility index (Phi) is 21.1. The minimum absolute atomic E-state index is 0.0116. The van der Waals surface area contributed by atoms with E-state index in [4.69, 9.17) is 15.1 Å². The molecule has 0 radical (unpaired) electrons. The number of aliphatic carboxylic acids is 1. The number of rotatable bonds is 18. The summed E-state index contributed by atoms with van der Waals surface area (Å²) in [6, 6.07) is 54.7. The molecule has 468 valence electrons. The van der Waals surface area contributed by atoms with Crippen molar-refractivity contribution in [3.8, 4) is 22.3 Å². The van der Waals surface area contributed by atoms with E-state index in [0.717, 1.165) is 124 Å². The summed E-state index contributed by atoms with van der Waals surface area (Å²) in [4.78, 5) is 109. The lowest BCUT2D eigenvalue weighted by Crippen LogP contribution is -2.43. The van der Waals surface area contributed by atoms with Gasteiger partial charge in [-0.25, -0.2) is 9.97 Å². The quantitative estimate of drug-likeness (QED) is 0.0627. The Hall–Kier alpha value is -10.1. The van der Waals surface area contributed by atoms with E-state index < -0.39 is 18.1 Å². The van der Waals surface area contributed by atoms with Crippen LogP contribution >= 0.6 is 0 Å². The number of nitrogens with zero attached hydrogens (tertiary/aromatic N) is 6. The van der Waals surface area contributed by atoms with Crippen LogP contribution in [0.1, 0.15) is 92.3 Å². The lowest BCUT2D eigenvalue weighted by molar-refractivity contribution is -0.137. The minimum Gasteiger partial charge on any atom is -0.481 e. The number of carboxylic acid groups (broad SMARTS) is 1. The molecule has 4 N–H and O–H groups in total. The molecule has 17 heteroatoms. The van der Waals surface area contributed by atoms with Crippen molar-refractivity contribution in [2.24, 2.45) is 5.92 Å². The van der Waals surface area contributed by atoms with Crippen LogP contribution in [0.3, 0.4) is 0 Å². The number of benzene rings is 5. The lowest BCUT2D eigenvalue weighted by Gasteiger charge is -2.24. The van der Waals surface area contributed by atoms with E-state index in [9.17, 15) is 33.6 Å². The molecule has 4 fully saturated rings. The van der Waals surface area contributed by atoms with Crippen molar-refractivity contribution in [1.82, 2.24) is 35.1 Å². The van der Waals surface area contributed by atoms with Gasteiger partial charge in [-0.3, -0.25) is 43.5 Å². The molecule has 13 rings (SSSR count). The largest absolute Gasteiger partial charge is 0.481 e. The molecule has 4 amide bonds. The number of carbonyl (C=O) groups excluding carboxylic acids is 6. The Morgan fingerprint density at radius 1 is 0.446 bits per heavy atom. The number of hydrogen-bond donors (Lipinski definition) is 4. The standard InChI is InChI=1S/C41H39N5O4.C26H28N4O2.C8H8O2/c47-37(35-13-7-21-45(35)39(48)23-28-9-3-1-4-10-28)26-33-18-15-31-25-30(16-19-34(31)43-33)32-17-20-38(42-27-32)44-41(50)36-14-8-22-46(36)40(49)24-29-11-5-2-6-12-29;31-24(23-6-3-13-27-23)15-21-10-7-19-14-18(8-11-22(19)29-21)20-9-12-25(28-16-20)30-26(32)17-4-1-2-5-17;9-8(10)6-7-4-2-1-3-5-7/h1-6,9-12,15-20,25,27,35-36H,7-8,13-14,21-24,26H2,(H,42,44,50);7-12,14,16-17,23,27H,1-6,13,15H2,(H,28,30,32);1-5H,6H2,(H,9,10)/t35-,36-;23-;/m00./s1. The summed E-state index contributed by atoms with van der Waals surface area (Å²) >= 11 is 0. The molecule has 0 unspecified atom stereocenters. The number of hydrogen-bond acceptors (Lipinski definition) is 12. The number of likely N-dealkylation sites (tertiary alicyclic amines) is 2. The second kappa shape index (κ2) is 30.6. The summed E-state index contributed by atoms with van der Waals surface area (Å²) in [6.45, 7) is 2.10. The third-order valence-electron chi connectivity index (χ3n) is 17.5. The van der Waals surface area contributed by atoms with Crippen molar-refractivity contribution in [3.63, 3.8) is 0 Å². The fourth-order valence-corrected chi connectivity index (χ4v) is 12.6. The molecule has 1 saturated carbocycles. The van der Waals surface area contributed by atoms with E-state index in [1.807, 2.05) is 152 Å². The predicted molar refractivity (Wildman–Crippen MR) is 355 cm³/mol. The third kappa shape index (κ3) is 16.8. The van der Waals surface area contributed by atoms with E-state index in [1.54, 1.807) is 40.4 Å². The van der Waals surface area contributed by atoms with Crippen molar-refractivity contribution < 1.29 is 38.7 Å². The van der Waals surface area contributed by atoms with Crippen LogP contribution < -0.4 is 16.0 Å². The number of ketones is 2. The molecule has 3 saturated heterocycles. The summed E-state index contributed by atoms with van der Waals surface area (Å²) < 4.78 is 0. The van der Waals surface area contributed by atoms with Crippen LogP contribution in [0.5, 0.6) is 0 Å². The monoisotopic (exact) mass is 1230 g/mol. The molecular weight excluding hydrogens is 1150 g/mol. The second-order valence-electron chi connectivity index (χ2n) is 24.1. The Labute approximate surface area is 535 Å².